The Morgan fingerprint density at radius 2 is 2.04 bits per heavy atom. The Labute approximate surface area is 160 Å². The fourth-order valence-electron chi connectivity index (χ4n) is 3.32. The SMILES string of the molecule is CN1C(=O)[C@](O)(CC(=O)/C=C/c2ccc3c(c2)OCO3)c2cc(Cl)ccc21. The zero-order chi connectivity index (χ0) is 19.2. The number of rotatable bonds is 4. The third kappa shape index (κ3) is 2.97. The van der Waals surface area contributed by atoms with Crippen molar-refractivity contribution in [3.05, 3.63) is 58.6 Å². The van der Waals surface area contributed by atoms with Gasteiger partial charge in [-0.05, 0) is 42.0 Å². The Balaban J connectivity index is 1.56. The van der Waals surface area contributed by atoms with Crippen molar-refractivity contribution in [1.82, 2.24) is 0 Å². The molecule has 138 valence electrons. The molecule has 2 aliphatic rings. The summed E-state index contributed by atoms with van der Waals surface area (Å²) in [6.07, 6.45) is 2.57. The molecule has 2 aromatic rings. The largest absolute Gasteiger partial charge is 0.454 e. The number of ketones is 1. The lowest BCUT2D eigenvalue weighted by Crippen LogP contribution is -2.40. The molecule has 0 unspecified atom stereocenters. The van der Waals surface area contributed by atoms with Gasteiger partial charge in [-0.15, -0.1) is 0 Å². The van der Waals surface area contributed by atoms with Crippen LogP contribution in [0.25, 0.3) is 6.08 Å². The smallest absolute Gasteiger partial charge is 0.263 e. The van der Waals surface area contributed by atoms with Crippen molar-refractivity contribution in [3.8, 4) is 11.5 Å². The van der Waals surface area contributed by atoms with Gasteiger partial charge in [-0.1, -0.05) is 23.7 Å². The van der Waals surface area contributed by atoms with E-state index in [9.17, 15) is 14.7 Å². The Morgan fingerprint density at radius 3 is 2.85 bits per heavy atom. The molecule has 2 aliphatic heterocycles. The van der Waals surface area contributed by atoms with Crippen LogP contribution in [0.1, 0.15) is 17.5 Å². The number of hydrogen-bond acceptors (Lipinski definition) is 5. The van der Waals surface area contributed by atoms with Crippen molar-refractivity contribution >= 4 is 35.1 Å². The summed E-state index contributed by atoms with van der Waals surface area (Å²) in [6.45, 7) is 0.173. The van der Waals surface area contributed by atoms with Crippen LogP contribution in [0, 0.1) is 0 Å². The van der Waals surface area contributed by atoms with Gasteiger partial charge in [-0.3, -0.25) is 9.59 Å². The summed E-state index contributed by atoms with van der Waals surface area (Å²) in [5, 5.41) is 11.3. The van der Waals surface area contributed by atoms with Gasteiger partial charge in [-0.2, -0.15) is 0 Å². The second-order valence-corrected chi connectivity index (χ2v) is 6.91. The number of ether oxygens (including phenoxy) is 2. The van der Waals surface area contributed by atoms with Crippen molar-refractivity contribution < 1.29 is 24.2 Å². The topological polar surface area (TPSA) is 76.1 Å². The van der Waals surface area contributed by atoms with Crippen LogP contribution in [0.3, 0.4) is 0 Å². The minimum Gasteiger partial charge on any atom is -0.454 e. The van der Waals surface area contributed by atoms with E-state index in [-0.39, 0.29) is 19.0 Å². The summed E-state index contributed by atoms with van der Waals surface area (Å²) in [7, 11) is 1.56. The fraction of sp³-hybridized carbons (Fsp3) is 0.200. The number of benzene rings is 2. The Kier molecular flexibility index (Phi) is 4.17. The number of carbonyl (C=O) groups is 2. The first-order valence-corrected chi connectivity index (χ1v) is 8.67. The Morgan fingerprint density at radius 1 is 1.26 bits per heavy atom. The molecule has 2 aromatic carbocycles. The number of carbonyl (C=O) groups excluding carboxylic acids is 2. The number of amides is 1. The van der Waals surface area contributed by atoms with Gasteiger partial charge >= 0.3 is 0 Å². The first-order valence-electron chi connectivity index (χ1n) is 8.29. The molecule has 27 heavy (non-hydrogen) atoms. The minimum absolute atomic E-state index is 0.173. The van der Waals surface area contributed by atoms with Crippen LogP contribution in [0.5, 0.6) is 11.5 Å². The van der Waals surface area contributed by atoms with Crippen molar-refractivity contribution in [2.24, 2.45) is 0 Å². The van der Waals surface area contributed by atoms with Crippen LogP contribution in [0.2, 0.25) is 5.02 Å². The summed E-state index contributed by atoms with van der Waals surface area (Å²) in [5.74, 6) is 0.328. The van der Waals surface area contributed by atoms with Gasteiger partial charge in [0.1, 0.15) is 0 Å². The number of halogens is 1. The van der Waals surface area contributed by atoms with E-state index in [4.69, 9.17) is 21.1 Å². The first-order chi connectivity index (χ1) is 12.9. The third-order valence-electron chi connectivity index (χ3n) is 4.71. The molecule has 1 amide bonds. The summed E-state index contributed by atoms with van der Waals surface area (Å²) in [4.78, 5) is 26.3. The predicted octanol–water partition coefficient (Wildman–Crippen LogP) is 2.91. The molecular formula is C20H16ClNO5. The number of hydrogen-bond donors (Lipinski definition) is 1. The molecule has 1 atom stereocenters. The van der Waals surface area contributed by atoms with Crippen LogP contribution < -0.4 is 14.4 Å². The van der Waals surface area contributed by atoms with Crippen molar-refractivity contribution in [2.75, 3.05) is 18.7 Å². The van der Waals surface area contributed by atoms with E-state index in [2.05, 4.69) is 0 Å². The third-order valence-corrected chi connectivity index (χ3v) is 4.95. The van der Waals surface area contributed by atoms with Crippen molar-refractivity contribution in [3.63, 3.8) is 0 Å². The molecule has 0 fully saturated rings. The maximum Gasteiger partial charge on any atom is 0.263 e. The first kappa shape index (κ1) is 17.6. The zero-order valence-corrected chi connectivity index (χ0v) is 15.2. The monoisotopic (exact) mass is 385 g/mol. The average Bonchev–Trinajstić information content (AvgIpc) is 3.18. The fourth-order valence-corrected chi connectivity index (χ4v) is 3.49. The van der Waals surface area contributed by atoms with Gasteiger partial charge in [0.2, 0.25) is 6.79 Å². The number of aliphatic hydroxyl groups is 1. The van der Waals surface area contributed by atoms with E-state index in [0.717, 1.165) is 5.56 Å². The molecular weight excluding hydrogens is 370 g/mol. The van der Waals surface area contributed by atoms with Gasteiger partial charge in [0.25, 0.3) is 5.91 Å². The second-order valence-electron chi connectivity index (χ2n) is 6.48. The number of likely N-dealkylation sites (N-methyl/N-ethyl adjacent to an activating group) is 1. The normalized spacial score (nSPS) is 20.4. The standard InChI is InChI=1S/C20H16ClNO5/c1-22-16-6-4-13(21)9-15(16)20(25,19(22)24)10-14(23)5-2-12-3-7-17-18(8-12)27-11-26-17/h2-9,25H,10-11H2,1H3/b5-2+/t20-/m0/s1. The van der Waals surface area contributed by atoms with Crippen LogP contribution >= 0.6 is 11.6 Å². The van der Waals surface area contributed by atoms with Crippen LogP contribution in [-0.4, -0.2) is 30.6 Å². The summed E-state index contributed by atoms with van der Waals surface area (Å²) < 4.78 is 10.5. The minimum atomic E-state index is -1.93. The molecule has 1 N–H and O–H groups in total. The van der Waals surface area contributed by atoms with Gasteiger partial charge in [0.15, 0.2) is 22.9 Å². The van der Waals surface area contributed by atoms with E-state index in [1.165, 1.54) is 17.0 Å². The Bertz CT molecular complexity index is 986. The van der Waals surface area contributed by atoms with Crippen molar-refractivity contribution in [1.29, 1.82) is 0 Å². The molecule has 0 spiro atoms. The molecule has 0 aromatic heterocycles. The van der Waals surface area contributed by atoms with Gasteiger partial charge in [0, 0.05) is 17.6 Å². The predicted molar refractivity (Wildman–Crippen MR) is 100.0 cm³/mol. The number of fused-ring (bicyclic) bond motifs is 2. The van der Waals surface area contributed by atoms with Crippen LogP contribution in [0.4, 0.5) is 5.69 Å². The maximum absolute atomic E-state index is 12.6. The van der Waals surface area contributed by atoms with Gasteiger partial charge < -0.3 is 19.5 Å². The molecule has 0 radical (unpaired) electrons. The quantitative estimate of drug-likeness (QED) is 0.819. The second kappa shape index (κ2) is 6.40. The van der Waals surface area contributed by atoms with E-state index in [1.54, 1.807) is 43.5 Å². The summed E-state index contributed by atoms with van der Waals surface area (Å²) >= 11 is 6.01. The molecule has 4 rings (SSSR count). The van der Waals surface area contributed by atoms with E-state index < -0.39 is 11.5 Å². The molecule has 0 aliphatic carbocycles. The average molecular weight is 386 g/mol. The lowest BCUT2D eigenvalue weighted by Gasteiger charge is -2.20. The number of anilines is 1. The molecule has 0 bridgehead atoms. The lowest BCUT2D eigenvalue weighted by atomic mass is 9.89. The molecule has 6 nitrogen and oxygen atoms in total. The van der Waals surface area contributed by atoms with E-state index in [0.29, 0.717) is 27.8 Å². The van der Waals surface area contributed by atoms with E-state index in [1.807, 2.05) is 0 Å². The molecule has 0 saturated heterocycles. The highest BCUT2D eigenvalue weighted by atomic mass is 35.5. The van der Waals surface area contributed by atoms with Crippen molar-refractivity contribution in [2.45, 2.75) is 12.0 Å². The van der Waals surface area contributed by atoms with Gasteiger partial charge in [-0.25, -0.2) is 0 Å². The molecule has 7 heteroatoms. The Hall–Kier alpha value is -2.83. The number of nitrogens with zero attached hydrogens (tertiary/aromatic N) is 1. The molecule has 2 heterocycles. The maximum atomic E-state index is 12.6. The molecule has 0 saturated carbocycles. The van der Waals surface area contributed by atoms with Crippen LogP contribution in [-0.2, 0) is 15.2 Å². The number of allylic oxidation sites excluding steroid dienone is 1. The lowest BCUT2D eigenvalue weighted by molar-refractivity contribution is -0.140. The van der Waals surface area contributed by atoms with Crippen LogP contribution in [0.15, 0.2) is 42.5 Å². The van der Waals surface area contributed by atoms with Gasteiger partial charge in [0.05, 0.1) is 12.1 Å². The highest BCUT2D eigenvalue weighted by molar-refractivity contribution is 6.31. The summed E-state index contributed by atoms with van der Waals surface area (Å²) in [5.41, 5.74) is -0.296. The summed E-state index contributed by atoms with van der Waals surface area (Å²) in [6, 6.07) is 10.1. The zero-order valence-electron chi connectivity index (χ0n) is 14.4. The van der Waals surface area contributed by atoms with E-state index >= 15 is 0 Å². The highest BCUT2D eigenvalue weighted by Crippen LogP contribution is 2.43. The highest BCUT2D eigenvalue weighted by Gasteiger charge is 2.49.